The van der Waals surface area contributed by atoms with Gasteiger partial charge in [-0.1, -0.05) is 30.3 Å². The third-order valence-electron chi connectivity index (χ3n) is 3.33. The van der Waals surface area contributed by atoms with E-state index in [1.165, 1.54) is 9.75 Å². The normalized spacial score (nSPS) is 20.3. The largest absolute Gasteiger partial charge is 0.309 e. The summed E-state index contributed by atoms with van der Waals surface area (Å²) in [5.41, 5.74) is 0. The molecule has 1 aromatic carbocycles. The van der Waals surface area contributed by atoms with E-state index < -0.39 is 7.14 Å². The number of halogens is 1. The van der Waals surface area contributed by atoms with E-state index in [0.29, 0.717) is 0 Å². The highest BCUT2D eigenvalue weighted by Gasteiger charge is 2.42. The lowest BCUT2D eigenvalue weighted by Crippen LogP contribution is -2.19. The molecule has 1 aliphatic heterocycles. The Kier molecular flexibility index (Phi) is 2.65. The molecule has 1 nitrogen and oxygen atoms in total. The van der Waals surface area contributed by atoms with Gasteiger partial charge >= 0.3 is 0 Å². The van der Waals surface area contributed by atoms with E-state index in [-0.39, 0.29) is 0 Å². The second kappa shape index (κ2) is 4.16. The summed E-state index contributed by atoms with van der Waals surface area (Å²) in [5.74, 6) is 0. The van der Waals surface area contributed by atoms with Gasteiger partial charge < -0.3 is 4.57 Å². The number of hydrogen-bond acceptors (Lipinski definition) is 3. The maximum atomic E-state index is 13.7. The van der Waals surface area contributed by atoms with Crippen LogP contribution in [0.4, 0.5) is 0 Å². The molecule has 1 atom stereocenters. The molecule has 19 heavy (non-hydrogen) atoms. The standard InChI is InChI=1S/C14H8BrOPS2/c15-12-8-11-14(19-12)13-10(6-7-18-13)17(11,16)9-4-2-1-3-5-9/h1-8H/t17-/m0/s1. The van der Waals surface area contributed by atoms with Crippen LogP contribution < -0.4 is 15.9 Å². The monoisotopic (exact) mass is 366 g/mol. The van der Waals surface area contributed by atoms with Gasteiger partial charge in [0.05, 0.1) is 13.5 Å². The first kappa shape index (κ1) is 12.1. The van der Waals surface area contributed by atoms with E-state index in [1.54, 1.807) is 22.7 Å². The molecule has 94 valence electrons. The first-order valence-corrected chi connectivity index (χ1v) is 9.95. The second-order valence-electron chi connectivity index (χ2n) is 4.34. The number of fused-ring (bicyclic) bond motifs is 3. The van der Waals surface area contributed by atoms with Crippen LogP contribution in [0.15, 0.2) is 51.6 Å². The van der Waals surface area contributed by atoms with Gasteiger partial charge in [-0.15, -0.1) is 22.7 Å². The summed E-state index contributed by atoms with van der Waals surface area (Å²) in [6, 6.07) is 13.9. The topological polar surface area (TPSA) is 17.1 Å². The van der Waals surface area contributed by atoms with E-state index >= 15 is 0 Å². The Morgan fingerprint density at radius 2 is 1.79 bits per heavy atom. The molecular formula is C14H8BrOPS2. The van der Waals surface area contributed by atoms with Crippen LogP contribution in [-0.4, -0.2) is 0 Å². The van der Waals surface area contributed by atoms with Crippen LogP contribution in [0.3, 0.4) is 0 Å². The zero-order valence-electron chi connectivity index (χ0n) is 9.67. The lowest BCUT2D eigenvalue weighted by molar-refractivity contribution is 0.593. The molecule has 0 radical (unpaired) electrons. The lowest BCUT2D eigenvalue weighted by Gasteiger charge is -2.13. The van der Waals surface area contributed by atoms with Gasteiger partial charge in [-0.25, -0.2) is 0 Å². The van der Waals surface area contributed by atoms with Crippen molar-refractivity contribution in [3.63, 3.8) is 0 Å². The minimum absolute atomic E-state index is 0.929. The van der Waals surface area contributed by atoms with E-state index in [0.717, 1.165) is 19.7 Å². The highest BCUT2D eigenvalue weighted by Crippen LogP contribution is 2.56. The Hall–Kier alpha value is -0.670. The van der Waals surface area contributed by atoms with Crippen molar-refractivity contribution in [2.24, 2.45) is 0 Å². The average Bonchev–Trinajstić information content (AvgIpc) is 3.08. The van der Waals surface area contributed by atoms with Gasteiger partial charge in [0.2, 0.25) is 0 Å². The van der Waals surface area contributed by atoms with Gasteiger partial charge in [-0.2, -0.15) is 0 Å². The van der Waals surface area contributed by atoms with Crippen LogP contribution in [0.5, 0.6) is 0 Å². The average molecular weight is 367 g/mol. The summed E-state index contributed by atoms with van der Waals surface area (Å²) in [5, 5.41) is 4.98. The number of benzene rings is 1. The molecule has 0 fully saturated rings. The molecule has 1 aliphatic rings. The minimum Gasteiger partial charge on any atom is -0.309 e. The quantitative estimate of drug-likeness (QED) is 0.461. The SMILES string of the molecule is O=[P@@]1(c2ccccc2)c2ccsc2-c2sc(Br)cc21. The molecule has 5 heteroatoms. The van der Waals surface area contributed by atoms with Gasteiger partial charge in [-0.05, 0) is 33.4 Å². The van der Waals surface area contributed by atoms with E-state index in [9.17, 15) is 4.57 Å². The first-order chi connectivity index (χ1) is 9.21. The zero-order chi connectivity index (χ0) is 13.0. The molecule has 0 bridgehead atoms. The maximum Gasteiger partial charge on any atom is 0.174 e. The number of thiophene rings is 2. The van der Waals surface area contributed by atoms with Gasteiger partial charge in [0.1, 0.15) is 0 Å². The van der Waals surface area contributed by atoms with Crippen molar-refractivity contribution in [3.05, 3.63) is 51.6 Å². The molecular weight excluding hydrogens is 359 g/mol. The Morgan fingerprint density at radius 3 is 2.58 bits per heavy atom. The number of rotatable bonds is 1. The molecule has 0 spiro atoms. The van der Waals surface area contributed by atoms with E-state index in [4.69, 9.17) is 0 Å². The summed E-state index contributed by atoms with van der Waals surface area (Å²) in [6.07, 6.45) is 0. The molecule has 3 heterocycles. The zero-order valence-corrected chi connectivity index (χ0v) is 13.8. The van der Waals surface area contributed by atoms with Crippen LogP contribution in [0.25, 0.3) is 9.75 Å². The first-order valence-electron chi connectivity index (χ1n) is 5.75. The Labute approximate surface area is 127 Å². The van der Waals surface area contributed by atoms with Crippen LogP contribution in [-0.2, 0) is 4.57 Å². The fraction of sp³-hybridized carbons (Fsp3) is 0. The van der Waals surface area contributed by atoms with Gasteiger partial charge in [0.15, 0.2) is 7.14 Å². The molecule has 0 saturated heterocycles. The molecule has 3 aromatic rings. The van der Waals surface area contributed by atoms with Crippen molar-refractivity contribution < 1.29 is 4.57 Å². The number of hydrogen-bond donors (Lipinski definition) is 0. The molecule has 0 amide bonds. The highest BCUT2D eigenvalue weighted by atomic mass is 79.9. The van der Waals surface area contributed by atoms with Crippen molar-refractivity contribution >= 4 is 61.7 Å². The van der Waals surface area contributed by atoms with Crippen molar-refractivity contribution in [1.29, 1.82) is 0 Å². The van der Waals surface area contributed by atoms with Gasteiger partial charge in [0, 0.05) is 15.9 Å². The minimum atomic E-state index is -2.64. The predicted molar refractivity (Wildman–Crippen MR) is 88.3 cm³/mol. The van der Waals surface area contributed by atoms with Crippen molar-refractivity contribution in [3.8, 4) is 9.75 Å². The van der Waals surface area contributed by atoms with Crippen LogP contribution >= 0.6 is 45.7 Å². The summed E-state index contributed by atoms with van der Waals surface area (Å²) >= 11 is 6.88. The smallest absolute Gasteiger partial charge is 0.174 e. The molecule has 2 aromatic heterocycles. The van der Waals surface area contributed by atoms with Crippen molar-refractivity contribution in [2.75, 3.05) is 0 Å². The summed E-state index contributed by atoms with van der Waals surface area (Å²) in [6.45, 7) is 0. The van der Waals surface area contributed by atoms with Gasteiger partial charge in [0.25, 0.3) is 0 Å². The van der Waals surface area contributed by atoms with E-state index in [2.05, 4.69) is 15.9 Å². The fourth-order valence-electron chi connectivity index (χ4n) is 2.52. The summed E-state index contributed by atoms with van der Waals surface area (Å²) in [4.78, 5) is 2.35. The Bertz CT molecular complexity index is 819. The molecule has 0 aliphatic carbocycles. The van der Waals surface area contributed by atoms with Gasteiger partial charge in [-0.3, -0.25) is 0 Å². The Morgan fingerprint density at radius 1 is 1.00 bits per heavy atom. The molecule has 4 rings (SSSR count). The van der Waals surface area contributed by atoms with Crippen LogP contribution in [0.2, 0.25) is 0 Å². The lowest BCUT2D eigenvalue weighted by atomic mass is 10.4. The van der Waals surface area contributed by atoms with E-state index in [1.807, 2.05) is 47.8 Å². The van der Waals surface area contributed by atoms with Crippen molar-refractivity contribution in [2.45, 2.75) is 0 Å². The molecule has 0 unspecified atom stereocenters. The van der Waals surface area contributed by atoms with Crippen molar-refractivity contribution in [1.82, 2.24) is 0 Å². The highest BCUT2D eigenvalue weighted by molar-refractivity contribution is 9.11. The summed E-state index contributed by atoms with van der Waals surface area (Å²) in [7, 11) is -2.64. The fourth-order valence-corrected chi connectivity index (χ4v) is 9.36. The third-order valence-corrected chi connectivity index (χ3v) is 9.46. The predicted octanol–water partition coefficient (Wildman–Crippen LogP) is 4.19. The van der Waals surface area contributed by atoms with Crippen LogP contribution in [0.1, 0.15) is 0 Å². The Balaban J connectivity index is 2.11. The molecule has 0 N–H and O–H groups in total. The maximum absolute atomic E-state index is 13.7. The summed E-state index contributed by atoms with van der Waals surface area (Å²) < 4.78 is 14.8. The molecule has 0 saturated carbocycles. The third kappa shape index (κ3) is 1.55. The second-order valence-corrected chi connectivity index (χ2v) is 10.4. The van der Waals surface area contributed by atoms with Crippen LogP contribution in [0, 0.1) is 0 Å².